The first-order valence-electron chi connectivity index (χ1n) is 27.4. The van der Waals surface area contributed by atoms with Crippen LogP contribution in [0.15, 0.2) is 48.6 Å². The SMILES string of the molecule is CCCCCCCCCCC/C=C\CCCCCCCCCC(=O)NC(COC1OC(CO)C(O)C(O)C1O)C(O)/C=C/CC/C=C/CC/C=C/CCCCCCCCCCCCCC. The third-order valence-electron chi connectivity index (χ3n) is 12.9. The minimum Gasteiger partial charge on any atom is -0.394 e. The summed E-state index contributed by atoms with van der Waals surface area (Å²) in [5.74, 6) is -0.194. The van der Waals surface area contributed by atoms with Crippen LogP contribution in [-0.2, 0) is 14.3 Å². The molecule has 0 spiro atoms. The maximum absolute atomic E-state index is 13.0. The van der Waals surface area contributed by atoms with Gasteiger partial charge in [-0.3, -0.25) is 4.79 Å². The molecule has 65 heavy (non-hydrogen) atoms. The van der Waals surface area contributed by atoms with Crippen molar-refractivity contribution in [2.75, 3.05) is 13.2 Å². The molecule has 1 amide bonds. The summed E-state index contributed by atoms with van der Waals surface area (Å²) in [7, 11) is 0. The highest BCUT2D eigenvalue weighted by molar-refractivity contribution is 5.76. The predicted octanol–water partition coefficient (Wildman–Crippen LogP) is 13.0. The molecule has 0 bridgehead atoms. The smallest absolute Gasteiger partial charge is 0.220 e. The highest BCUT2D eigenvalue weighted by Gasteiger charge is 2.44. The molecule has 7 atom stereocenters. The maximum atomic E-state index is 13.0. The van der Waals surface area contributed by atoms with Gasteiger partial charge in [-0.15, -0.1) is 0 Å². The van der Waals surface area contributed by atoms with Crippen molar-refractivity contribution in [3.05, 3.63) is 48.6 Å². The number of amides is 1. The van der Waals surface area contributed by atoms with Gasteiger partial charge < -0.3 is 40.3 Å². The summed E-state index contributed by atoms with van der Waals surface area (Å²) in [5, 5.41) is 54.4. The molecule has 1 heterocycles. The number of rotatable bonds is 46. The Hall–Kier alpha value is -1.85. The number of hydrogen-bond donors (Lipinski definition) is 6. The maximum Gasteiger partial charge on any atom is 0.220 e. The highest BCUT2D eigenvalue weighted by atomic mass is 16.7. The molecule has 1 aliphatic rings. The Labute approximate surface area is 399 Å². The van der Waals surface area contributed by atoms with Crippen LogP contribution in [0, 0.1) is 0 Å². The molecule has 9 nitrogen and oxygen atoms in total. The van der Waals surface area contributed by atoms with Gasteiger partial charge in [0.15, 0.2) is 6.29 Å². The average molecular weight is 918 g/mol. The zero-order chi connectivity index (χ0) is 47.3. The zero-order valence-corrected chi connectivity index (χ0v) is 42.0. The Morgan fingerprint density at radius 2 is 0.877 bits per heavy atom. The Bertz CT molecular complexity index is 1160. The number of aliphatic hydroxyl groups excluding tert-OH is 5. The van der Waals surface area contributed by atoms with Crippen LogP contribution >= 0.6 is 0 Å². The van der Waals surface area contributed by atoms with Gasteiger partial charge in [0.1, 0.15) is 24.4 Å². The van der Waals surface area contributed by atoms with Crippen molar-refractivity contribution in [1.82, 2.24) is 5.32 Å². The number of ether oxygens (including phenoxy) is 2. The molecular formula is C56H103NO8. The number of nitrogens with one attached hydrogen (secondary N) is 1. The molecule has 1 fully saturated rings. The molecule has 0 aromatic carbocycles. The van der Waals surface area contributed by atoms with E-state index in [1.807, 2.05) is 6.08 Å². The first kappa shape index (κ1) is 61.2. The van der Waals surface area contributed by atoms with Crippen molar-refractivity contribution in [3.8, 4) is 0 Å². The van der Waals surface area contributed by atoms with Crippen LogP contribution < -0.4 is 5.32 Å². The number of unbranched alkanes of at least 4 members (excludes halogenated alkanes) is 30. The molecule has 9 heteroatoms. The molecule has 0 aromatic rings. The van der Waals surface area contributed by atoms with Crippen LogP contribution in [-0.4, -0.2) is 87.5 Å². The van der Waals surface area contributed by atoms with E-state index in [0.29, 0.717) is 6.42 Å². The van der Waals surface area contributed by atoms with Crippen LogP contribution in [0.1, 0.15) is 245 Å². The fourth-order valence-corrected chi connectivity index (χ4v) is 8.48. The minimum atomic E-state index is -1.58. The third-order valence-corrected chi connectivity index (χ3v) is 12.9. The van der Waals surface area contributed by atoms with E-state index >= 15 is 0 Å². The summed E-state index contributed by atoms with van der Waals surface area (Å²) < 4.78 is 11.2. The summed E-state index contributed by atoms with van der Waals surface area (Å²) in [4.78, 5) is 13.0. The first-order valence-corrected chi connectivity index (χ1v) is 27.4. The number of allylic oxidation sites excluding steroid dienone is 7. The van der Waals surface area contributed by atoms with Crippen LogP contribution in [0.4, 0.5) is 0 Å². The molecule has 6 N–H and O–H groups in total. The van der Waals surface area contributed by atoms with E-state index in [9.17, 15) is 30.3 Å². The Kier molecular flexibility index (Phi) is 43.2. The van der Waals surface area contributed by atoms with E-state index < -0.39 is 49.5 Å². The fraction of sp³-hybridized carbons (Fsp3) is 0.839. The lowest BCUT2D eigenvalue weighted by Crippen LogP contribution is -2.60. The molecule has 0 radical (unpaired) electrons. The molecule has 380 valence electrons. The summed E-state index contributed by atoms with van der Waals surface area (Å²) in [6, 6.07) is -0.831. The second-order valence-electron chi connectivity index (χ2n) is 19.0. The van der Waals surface area contributed by atoms with Gasteiger partial charge in [0.2, 0.25) is 5.91 Å². The van der Waals surface area contributed by atoms with Gasteiger partial charge >= 0.3 is 0 Å². The lowest BCUT2D eigenvalue weighted by molar-refractivity contribution is -0.302. The normalized spacial score (nSPS) is 20.3. The van der Waals surface area contributed by atoms with E-state index in [4.69, 9.17) is 9.47 Å². The number of carbonyl (C=O) groups is 1. The van der Waals surface area contributed by atoms with E-state index in [-0.39, 0.29) is 12.5 Å². The van der Waals surface area contributed by atoms with E-state index in [0.717, 1.165) is 57.8 Å². The summed E-state index contributed by atoms with van der Waals surface area (Å²) in [5.41, 5.74) is 0. The van der Waals surface area contributed by atoms with E-state index in [1.165, 1.54) is 167 Å². The van der Waals surface area contributed by atoms with Crippen molar-refractivity contribution in [2.24, 2.45) is 0 Å². The Morgan fingerprint density at radius 3 is 1.29 bits per heavy atom. The molecule has 1 rings (SSSR count). The van der Waals surface area contributed by atoms with Gasteiger partial charge in [0, 0.05) is 6.42 Å². The topological polar surface area (TPSA) is 149 Å². The van der Waals surface area contributed by atoms with Crippen LogP contribution in [0.5, 0.6) is 0 Å². The lowest BCUT2D eigenvalue weighted by Gasteiger charge is -2.40. The molecule has 0 saturated carbocycles. The van der Waals surface area contributed by atoms with Crippen LogP contribution in [0.2, 0.25) is 0 Å². The largest absolute Gasteiger partial charge is 0.394 e. The van der Waals surface area contributed by atoms with Crippen molar-refractivity contribution in [1.29, 1.82) is 0 Å². The third kappa shape index (κ3) is 35.9. The van der Waals surface area contributed by atoms with Gasteiger partial charge in [-0.25, -0.2) is 0 Å². The quantitative estimate of drug-likeness (QED) is 0.0261. The monoisotopic (exact) mass is 918 g/mol. The van der Waals surface area contributed by atoms with Gasteiger partial charge in [-0.1, -0.05) is 217 Å². The molecule has 0 aromatic heterocycles. The molecule has 7 unspecified atom stereocenters. The van der Waals surface area contributed by atoms with Gasteiger partial charge in [0.05, 0.1) is 25.4 Å². The van der Waals surface area contributed by atoms with Crippen LogP contribution in [0.25, 0.3) is 0 Å². The van der Waals surface area contributed by atoms with E-state index in [2.05, 4.69) is 55.6 Å². The van der Waals surface area contributed by atoms with Crippen molar-refractivity contribution < 1.29 is 39.8 Å². The second-order valence-corrected chi connectivity index (χ2v) is 19.0. The fourth-order valence-electron chi connectivity index (χ4n) is 8.48. The molecule has 1 aliphatic heterocycles. The van der Waals surface area contributed by atoms with Gasteiger partial charge in [-0.2, -0.15) is 0 Å². The minimum absolute atomic E-state index is 0.194. The van der Waals surface area contributed by atoms with Crippen molar-refractivity contribution in [3.63, 3.8) is 0 Å². The summed E-state index contributed by atoms with van der Waals surface area (Å²) in [6.07, 6.45) is 53.1. The van der Waals surface area contributed by atoms with E-state index in [1.54, 1.807) is 6.08 Å². The second kappa shape index (κ2) is 45.9. The van der Waals surface area contributed by atoms with Crippen LogP contribution in [0.3, 0.4) is 0 Å². The highest BCUT2D eigenvalue weighted by Crippen LogP contribution is 2.23. The predicted molar refractivity (Wildman–Crippen MR) is 272 cm³/mol. The lowest BCUT2D eigenvalue weighted by atomic mass is 9.99. The Morgan fingerprint density at radius 1 is 0.508 bits per heavy atom. The molecule has 0 aliphatic carbocycles. The Balaban J connectivity index is 2.31. The molecular weight excluding hydrogens is 815 g/mol. The average Bonchev–Trinajstić information content (AvgIpc) is 3.31. The number of carbonyl (C=O) groups excluding carboxylic acids is 1. The standard InChI is InChI=1S/C56H103NO8/c1-3-5-7-9-11-13-15-17-19-21-23-25-26-27-29-31-33-35-37-39-41-43-45-50(59)49(48-64-56-55(63)54(62)53(61)51(47-58)65-56)57-52(60)46-44-42-40-38-36-34-32-30-28-24-22-20-18-16-14-12-10-8-6-4-2/h24,27-29,35,37,43,45,49-51,53-56,58-59,61-63H,3-23,25-26,30-34,36,38-42,44,46-48H2,1-2H3,(H,57,60)/b28-24-,29-27+,37-35+,45-43+. The van der Waals surface area contributed by atoms with Crippen molar-refractivity contribution >= 4 is 5.91 Å². The first-order chi connectivity index (χ1) is 31.8. The van der Waals surface area contributed by atoms with Gasteiger partial charge in [-0.05, 0) is 70.6 Å². The van der Waals surface area contributed by atoms with Gasteiger partial charge in [0.25, 0.3) is 0 Å². The van der Waals surface area contributed by atoms with Crippen molar-refractivity contribution in [2.45, 2.75) is 288 Å². The summed E-state index contributed by atoms with van der Waals surface area (Å²) in [6.45, 7) is 3.77. The number of aliphatic hydroxyl groups is 5. The summed E-state index contributed by atoms with van der Waals surface area (Å²) >= 11 is 0. The zero-order valence-electron chi connectivity index (χ0n) is 42.0. The molecule has 1 saturated heterocycles. The number of hydrogen-bond acceptors (Lipinski definition) is 8.